The maximum absolute atomic E-state index is 13.0. The molecule has 4 rings (SSSR count). The van der Waals surface area contributed by atoms with E-state index < -0.39 is 10.0 Å². The van der Waals surface area contributed by atoms with Gasteiger partial charge in [0.15, 0.2) is 0 Å². The molecule has 8 heteroatoms. The Bertz CT molecular complexity index is 1040. The van der Waals surface area contributed by atoms with Crippen LogP contribution in [0.3, 0.4) is 0 Å². The van der Waals surface area contributed by atoms with E-state index in [0.29, 0.717) is 36.5 Å². The summed E-state index contributed by atoms with van der Waals surface area (Å²) in [6, 6.07) is 9.22. The van der Waals surface area contributed by atoms with Crippen molar-refractivity contribution in [2.45, 2.75) is 44.4 Å². The number of benzene rings is 1. The van der Waals surface area contributed by atoms with Gasteiger partial charge in [0.05, 0.1) is 16.8 Å². The second-order valence-corrected chi connectivity index (χ2v) is 10.4. The van der Waals surface area contributed by atoms with Gasteiger partial charge in [-0.3, -0.25) is 4.79 Å². The third kappa shape index (κ3) is 4.75. The Morgan fingerprint density at radius 3 is 2.35 bits per heavy atom. The SMILES string of the molecule is Cc1ccc(S(=O)(=O)N2CCC(C(=O)Nc3ccc(N4CCCC4)nc3)CC2)c(C)c1. The van der Waals surface area contributed by atoms with Crippen molar-refractivity contribution in [2.75, 3.05) is 36.4 Å². The van der Waals surface area contributed by atoms with Gasteiger partial charge in [0.1, 0.15) is 5.82 Å². The van der Waals surface area contributed by atoms with E-state index >= 15 is 0 Å². The predicted octanol–water partition coefficient (Wildman–Crippen LogP) is 3.34. The molecular weight excluding hydrogens is 412 g/mol. The number of anilines is 2. The molecule has 1 N–H and O–H groups in total. The Hall–Kier alpha value is -2.45. The van der Waals surface area contributed by atoms with Gasteiger partial charge in [-0.25, -0.2) is 13.4 Å². The number of nitrogens with zero attached hydrogens (tertiary/aromatic N) is 3. The van der Waals surface area contributed by atoms with Gasteiger partial charge in [0.2, 0.25) is 15.9 Å². The summed E-state index contributed by atoms with van der Waals surface area (Å²) in [5.74, 6) is 0.670. The van der Waals surface area contributed by atoms with E-state index in [0.717, 1.165) is 30.0 Å². The summed E-state index contributed by atoms with van der Waals surface area (Å²) in [6.07, 6.45) is 5.10. The van der Waals surface area contributed by atoms with Gasteiger partial charge in [-0.05, 0) is 63.3 Å². The van der Waals surface area contributed by atoms with Crippen LogP contribution in [0.5, 0.6) is 0 Å². The lowest BCUT2D eigenvalue weighted by atomic mass is 9.97. The molecule has 0 radical (unpaired) electrons. The van der Waals surface area contributed by atoms with Crippen LogP contribution in [0.1, 0.15) is 36.8 Å². The summed E-state index contributed by atoms with van der Waals surface area (Å²) in [5.41, 5.74) is 2.47. The van der Waals surface area contributed by atoms with Crippen molar-refractivity contribution in [3.05, 3.63) is 47.7 Å². The zero-order valence-corrected chi connectivity index (χ0v) is 19.0. The quantitative estimate of drug-likeness (QED) is 0.768. The van der Waals surface area contributed by atoms with Gasteiger partial charge < -0.3 is 10.2 Å². The van der Waals surface area contributed by atoms with Gasteiger partial charge in [-0.2, -0.15) is 4.31 Å². The summed E-state index contributed by atoms with van der Waals surface area (Å²) >= 11 is 0. The molecule has 0 atom stereocenters. The number of piperidine rings is 1. The highest BCUT2D eigenvalue weighted by atomic mass is 32.2. The Morgan fingerprint density at radius 1 is 1.03 bits per heavy atom. The maximum atomic E-state index is 13.0. The van der Waals surface area contributed by atoms with Crippen molar-refractivity contribution in [3.63, 3.8) is 0 Å². The van der Waals surface area contributed by atoms with Crippen LogP contribution in [0.15, 0.2) is 41.4 Å². The minimum absolute atomic E-state index is 0.0701. The van der Waals surface area contributed by atoms with Crippen LogP contribution >= 0.6 is 0 Å². The lowest BCUT2D eigenvalue weighted by molar-refractivity contribution is -0.120. The van der Waals surface area contributed by atoms with Gasteiger partial charge in [0, 0.05) is 32.1 Å². The van der Waals surface area contributed by atoms with Crippen LogP contribution in [0.25, 0.3) is 0 Å². The van der Waals surface area contributed by atoms with E-state index in [-0.39, 0.29) is 11.8 Å². The normalized spacial score (nSPS) is 18.3. The first kappa shape index (κ1) is 21.8. The molecule has 3 heterocycles. The van der Waals surface area contributed by atoms with Crippen molar-refractivity contribution in [2.24, 2.45) is 5.92 Å². The molecule has 2 aliphatic rings. The second-order valence-electron chi connectivity index (χ2n) is 8.54. The number of carbonyl (C=O) groups excluding carboxylic acids is 1. The van der Waals surface area contributed by atoms with Gasteiger partial charge in [-0.15, -0.1) is 0 Å². The number of aryl methyl sites for hydroxylation is 2. The Labute approximate surface area is 184 Å². The molecule has 2 aromatic rings. The van der Waals surface area contributed by atoms with E-state index in [1.165, 1.54) is 17.1 Å². The first-order valence-corrected chi connectivity index (χ1v) is 12.4. The highest BCUT2D eigenvalue weighted by Gasteiger charge is 2.32. The van der Waals surface area contributed by atoms with Crippen LogP contribution in [0, 0.1) is 19.8 Å². The minimum atomic E-state index is -3.54. The van der Waals surface area contributed by atoms with Crippen molar-refractivity contribution in [1.82, 2.24) is 9.29 Å². The van der Waals surface area contributed by atoms with Crippen LogP contribution in [0.2, 0.25) is 0 Å². The number of rotatable bonds is 5. The molecule has 7 nitrogen and oxygen atoms in total. The number of sulfonamides is 1. The predicted molar refractivity (Wildman–Crippen MR) is 122 cm³/mol. The van der Waals surface area contributed by atoms with Crippen LogP contribution in [0.4, 0.5) is 11.5 Å². The average Bonchev–Trinajstić information content (AvgIpc) is 3.29. The molecule has 1 aromatic carbocycles. The fourth-order valence-electron chi connectivity index (χ4n) is 4.42. The second kappa shape index (κ2) is 8.96. The van der Waals surface area contributed by atoms with Crippen LogP contribution in [-0.4, -0.2) is 49.8 Å². The molecule has 0 bridgehead atoms. The molecule has 2 aliphatic heterocycles. The first-order chi connectivity index (χ1) is 14.8. The number of amides is 1. The van der Waals surface area contributed by atoms with E-state index in [2.05, 4.69) is 15.2 Å². The van der Waals surface area contributed by atoms with Crippen molar-refractivity contribution >= 4 is 27.4 Å². The van der Waals surface area contributed by atoms with Crippen LogP contribution < -0.4 is 10.2 Å². The number of carbonyl (C=O) groups is 1. The van der Waals surface area contributed by atoms with E-state index in [4.69, 9.17) is 0 Å². The summed E-state index contributed by atoms with van der Waals surface area (Å²) in [6.45, 7) is 6.52. The Balaban J connectivity index is 1.34. The fourth-order valence-corrected chi connectivity index (χ4v) is 6.10. The molecular formula is C23H30N4O3S. The molecule has 1 aromatic heterocycles. The maximum Gasteiger partial charge on any atom is 0.243 e. The number of hydrogen-bond donors (Lipinski definition) is 1. The fraction of sp³-hybridized carbons (Fsp3) is 0.478. The molecule has 0 spiro atoms. The Morgan fingerprint density at radius 2 is 1.74 bits per heavy atom. The molecule has 2 saturated heterocycles. The smallest absolute Gasteiger partial charge is 0.243 e. The highest BCUT2D eigenvalue weighted by Crippen LogP contribution is 2.27. The number of aromatic nitrogens is 1. The summed E-state index contributed by atoms with van der Waals surface area (Å²) in [4.78, 5) is 19.8. The van der Waals surface area contributed by atoms with Crippen molar-refractivity contribution < 1.29 is 13.2 Å². The number of pyridine rings is 1. The minimum Gasteiger partial charge on any atom is -0.357 e. The topological polar surface area (TPSA) is 82.6 Å². The zero-order valence-electron chi connectivity index (χ0n) is 18.2. The molecule has 2 fully saturated rings. The zero-order chi connectivity index (χ0) is 22.0. The summed E-state index contributed by atoms with van der Waals surface area (Å²) < 4.78 is 27.6. The highest BCUT2D eigenvalue weighted by molar-refractivity contribution is 7.89. The van der Waals surface area contributed by atoms with E-state index in [1.54, 1.807) is 12.3 Å². The molecule has 0 saturated carbocycles. The van der Waals surface area contributed by atoms with Gasteiger partial charge in [-0.1, -0.05) is 17.7 Å². The monoisotopic (exact) mass is 442 g/mol. The lowest BCUT2D eigenvalue weighted by Gasteiger charge is -2.31. The molecule has 166 valence electrons. The first-order valence-electron chi connectivity index (χ1n) is 10.9. The molecule has 31 heavy (non-hydrogen) atoms. The summed E-state index contributed by atoms with van der Waals surface area (Å²) in [5, 5.41) is 2.94. The van der Waals surface area contributed by atoms with Crippen LogP contribution in [-0.2, 0) is 14.8 Å². The summed E-state index contributed by atoms with van der Waals surface area (Å²) in [7, 11) is -3.54. The number of nitrogens with one attached hydrogen (secondary N) is 1. The molecule has 1 amide bonds. The third-order valence-corrected chi connectivity index (χ3v) is 8.28. The van der Waals surface area contributed by atoms with E-state index in [9.17, 15) is 13.2 Å². The standard InChI is InChI=1S/C23H30N4O3S/c1-17-5-7-21(18(2)15-17)31(29,30)27-13-9-19(10-14-27)23(28)25-20-6-8-22(24-16-20)26-11-3-4-12-26/h5-8,15-16,19H,3-4,9-14H2,1-2H3,(H,25,28). The lowest BCUT2D eigenvalue weighted by Crippen LogP contribution is -2.41. The molecule has 0 aliphatic carbocycles. The Kier molecular flexibility index (Phi) is 6.29. The van der Waals surface area contributed by atoms with E-state index in [1.807, 2.05) is 38.1 Å². The largest absolute Gasteiger partial charge is 0.357 e. The van der Waals surface area contributed by atoms with Crippen molar-refractivity contribution in [1.29, 1.82) is 0 Å². The van der Waals surface area contributed by atoms with Crippen molar-refractivity contribution in [3.8, 4) is 0 Å². The average molecular weight is 443 g/mol. The third-order valence-electron chi connectivity index (χ3n) is 6.22. The van der Waals surface area contributed by atoms with Gasteiger partial charge in [0.25, 0.3) is 0 Å². The molecule has 0 unspecified atom stereocenters. The number of hydrogen-bond acceptors (Lipinski definition) is 5. The van der Waals surface area contributed by atoms with Gasteiger partial charge >= 0.3 is 0 Å².